The lowest BCUT2D eigenvalue weighted by molar-refractivity contribution is 0.0746. The van der Waals surface area contributed by atoms with Crippen molar-refractivity contribution in [3.05, 3.63) is 80.5 Å². The summed E-state index contributed by atoms with van der Waals surface area (Å²) in [7, 11) is 0. The van der Waals surface area contributed by atoms with Crippen LogP contribution in [0.4, 0.5) is 11.4 Å². The van der Waals surface area contributed by atoms with Gasteiger partial charge in [0, 0.05) is 42.5 Å². The van der Waals surface area contributed by atoms with E-state index in [4.69, 9.17) is 23.2 Å². The lowest BCUT2D eigenvalue weighted by atomic mass is 10.1. The Hall–Kier alpha value is -2.54. The highest BCUT2D eigenvalue weighted by molar-refractivity contribution is 7.12. The van der Waals surface area contributed by atoms with Crippen LogP contribution >= 0.6 is 34.5 Å². The van der Waals surface area contributed by atoms with Crippen LogP contribution in [0.15, 0.2) is 60.0 Å². The van der Waals surface area contributed by atoms with Crippen molar-refractivity contribution in [2.45, 2.75) is 0 Å². The maximum Gasteiger partial charge on any atom is 0.265 e. The molecule has 1 N–H and O–H groups in total. The van der Waals surface area contributed by atoms with Gasteiger partial charge in [-0.05, 0) is 47.8 Å². The second-order valence-corrected chi connectivity index (χ2v) is 8.68. The second-order valence-electron chi connectivity index (χ2n) is 6.89. The first-order chi connectivity index (χ1) is 14.5. The lowest BCUT2D eigenvalue weighted by Gasteiger charge is -2.36. The number of nitrogens with zero attached hydrogens (tertiary/aromatic N) is 2. The molecule has 2 aromatic carbocycles. The van der Waals surface area contributed by atoms with Crippen molar-refractivity contribution in [2.24, 2.45) is 0 Å². The molecule has 0 bridgehead atoms. The van der Waals surface area contributed by atoms with E-state index in [0.29, 0.717) is 39.3 Å². The van der Waals surface area contributed by atoms with Gasteiger partial charge in [0.25, 0.3) is 11.8 Å². The number of halogens is 2. The van der Waals surface area contributed by atoms with E-state index in [0.717, 1.165) is 18.8 Å². The Morgan fingerprint density at radius 2 is 1.73 bits per heavy atom. The van der Waals surface area contributed by atoms with Gasteiger partial charge in [-0.15, -0.1) is 11.3 Å². The fraction of sp³-hybridized carbons (Fsp3) is 0.182. The SMILES string of the molecule is O=C(Nc1cc(C(=O)N2CCN(c3cccc(Cl)c3)CC2)ccc1Cl)c1cccs1. The van der Waals surface area contributed by atoms with E-state index in [1.165, 1.54) is 11.3 Å². The molecule has 0 saturated carbocycles. The van der Waals surface area contributed by atoms with Gasteiger partial charge in [-0.3, -0.25) is 9.59 Å². The molecule has 5 nitrogen and oxygen atoms in total. The quantitative estimate of drug-likeness (QED) is 0.577. The third kappa shape index (κ3) is 4.61. The molecule has 1 aromatic heterocycles. The molecule has 1 aliphatic rings. The van der Waals surface area contributed by atoms with Crippen LogP contribution in [-0.2, 0) is 0 Å². The molecule has 0 unspecified atom stereocenters. The minimum atomic E-state index is -0.244. The first kappa shape index (κ1) is 20.7. The third-order valence-electron chi connectivity index (χ3n) is 4.95. The number of amides is 2. The van der Waals surface area contributed by atoms with Gasteiger partial charge in [-0.1, -0.05) is 35.3 Å². The number of rotatable bonds is 4. The predicted octanol–water partition coefficient (Wildman–Crippen LogP) is 5.27. The summed E-state index contributed by atoms with van der Waals surface area (Å²) in [6.45, 7) is 2.65. The summed E-state index contributed by atoms with van der Waals surface area (Å²) < 4.78 is 0. The average Bonchev–Trinajstić information content (AvgIpc) is 3.30. The Balaban J connectivity index is 1.43. The number of benzene rings is 2. The summed E-state index contributed by atoms with van der Waals surface area (Å²) in [5.74, 6) is -0.323. The highest BCUT2D eigenvalue weighted by atomic mass is 35.5. The highest BCUT2D eigenvalue weighted by Crippen LogP contribution is 2.26. The molecule has 1 saturated heterocycles. The zero-order chi connectivity index (χ0) is 21.1. The molecule has 0 spiro atoms. The topological polar surface area (TPSA) is 52.7 Å². The molecular weight excluding hydrogens is 441 g/mol. The Kier molecular flexibility index (Phi) is 6.27. The van der Waals surface area contributed by atoms with Crippen molar-refractivity contribution in [1.82, 2.24) is 4.90 Å². The number of anilines is 2. The van der Waals surface area contributed by atoms with Crippen molar-refractivity contribution in [2.75, 3.05) is 36.4 Å². The first-order valence-electron chi connectivity index (χ1n) is 9.45. The standard InChI is InChI=1S/C22H19Cl2N3O2S/c23-16-3-1-4-17(14-16)26-8-10-27(11-9-26)22(29)15-6-7-18(24)19(13-15)25-21(28)20-5-2-12-30-20/h1-7,12-14H,8-11H2,(H,25,28). The van der Waals surface area contributed by atoms with E-state index in [1.54, 1.807) is 24.3 Å². The van der Waals surface area contributed by atoms with Crippen molar-refractivity contribution in [3.8, 4) is 0 Å². The lowest BCUT2D eigenvalue weighted by Crippen LogP contribution is -2.48. The van der Waals surface area contributed by atoms with Gasteiger partial charge in [-0.2, -0.15) is 0 Å². The zero-order valence-corrected chi connectivity index (χ0v) is 18.3. The summed E-state index contributed by atoms with van der Waals surface area (Å²) in [6, 6.07) is 16.2. The van der Waals surface area contributed by atoms with Gasteiger partial charge < -0.3 is 15.1 Å². The highest BCUT2D eigenvalue weighted by Gasteiger charge is 2.23. The third-order valence-corrected chi connectivity index (χ3v) is 6.38. The Morgan fingerprint density at radius 1 is 0.933 bits per heavy atom. The number of nitrogens with one attached hydrogen (secondary N) is 1. The zero-order valence-electron chi connectivity index (χ0n) is 16.0. The van der Waals surface area contributed by atoms with Gasteiger partial charge in [0.15, 0.2) is 0 Å². The number of carbonyl (C=O) groups is 2. The summed E-state index contributed by atoms with van der Waals surface area (Å²) >= 11 is 13.7. The molecule has 154 valence electrons. The summed E-state index contributed by atoms with van der Waals surface area (Å²) in [4.78, 5) is 30.0. The number of hydrogen-bond donors (Lipinski definition) is 1. The maximum atomic E-state index is 13.0. The largest absolute Gasteiger partial charge is 0.368 e. The molecule has 2 heterocycles. The molecule has 0 atom stereocenters. The Bertz CT molecular complexity index is 1060. The fourth-order valence-electron chi connectivity index (χ4n) is 3.37. The molecule has 2 amide bonds. The van der Waals surface area contributed by atoms with Crippen LogP contribution in [-0.4, -0.2) is 42.9 Å². The molecule has 1 fully saturated rings. The van der Waals surface area contributed by atoms with Crippen molar-refractivity contribution in [1.29, 1.82) is 0 Å². The predicted molar refractivity (Wildman–Crippen MR) is 123 cm³/mol. The van der Waals surface area contributed by atoms with Crippen molar-refractivity contribution >= 4 is 57.7 Å². The number of carbonyl (C=O) groups excluding carboxylic acids is 2. The molecule has 1 aliphatic heterocycles. The number of hydrogen-bond acceptors (Lipinski definition) is 4. The summed E-state index contributed by atoms with van der Waals surface area (Å²) in [5.41, 5.74) is 1.98. The van der Waals surface area contributed by atoms with Crippen LogP contribution in [0.5, 0.6) is 0 Å². The van der Waals surface area contributed by atoms with E-state index in [-0.39, 0.29) is 11.8 Å². The fourth-order valence-corrected chi connectivity index (χ4v) is 4.34. The normalized spacial score (nSPS) is 13.9. The Morgan fingerprint density at radius 3 is 2.43 bits per heavy atom. The van der Waals surface area contributed by atoms with Crippen LogP contribution in [0, 0.1) is 0 Å². The van der Waals surface area contributed by atoms with Gasteiger partial charge >= 0.3 is 0 Å². The summed E-state index contributed by atoms with van der Waals surface area (Å²) in [5, 5.41) is 5.71. The number of piperazine rings is 1. The molecule has 3 aromatic rings. The van der Waals surface area contributed by atoms with Gasteiger partial charge in [0.05, 0.1) is 15.6 Å². The molecule has 0 radical (unpaired) electrons. The molecule has 30 heavy (non-hydrogen) atoms. The van der Waals surface area contributed by atoms with Crippen molar-refractivity contribution < 1.29 is 9.59 Å². The minimum Gasteiger partial charge on any atom is -0.368 e. The smallest absolute Gasteiger partial charge is 0.265 e. The molecule has 4 rings (SSSR count). The average molecular weight is 460 g/mol. The molecular formula is C22H19Cl2N3O2S. The maximum absolute atomic E-state index is 13.0. The van der Waals surface area contributed by atoms with E-state index in [1.807, 2.05) is 40.6 Å². The summed E-state index contributed by atoms with van der Waals surface area (Å²) in [6.07, 6.45) is 0. The monoisotopic (exact) mass is 459 g/mol. The van der Waals surface area contributed by atoms with Crippen LogP contribution in [0.25, 0.3) is 0 Å². The van der Waals surface area contributed by atoms with Crippen molar-refractivity contribution in [3.63, 3.8) is 0 Å². The van der Waals surface area contributed by atoms with Gasteiger partial charge in [0.1, 0.15) is 0 Å². The van der Waals surface area contributed by atoms with Crippen LogP contribution in [0.2, 0.25) is 10.0 Å². The van der Waals surface area contributed by atoms with Gasteiger partial charge in [-0.25, -0.2) is 0 Å². The number of thiophene rings is 1. The first-order valence-corrected chi connectivity index (χ1v) is 11.1. The molecule has 8 heteroatoms. The van der Waals surface area contributed by atoms with Crippen LogP contribution in [0.3, 0.4) is 0 Å². The van der Waals surface area contributed by atoms with Crippen LogP contribution in [0.1, 0.15) is 20.0 Å². The minimum absolute atomic E-state index is 0.0796. The van der Waals surface area contributed by atoms with E-state index in [2.05, 4.69) is 10.2 Å². The Labute approximate surface area is 188 Å². The molecule has 0 aliphatic carbocycles. The second kappa shape index (κ2) is 9.08. The van der Waals surface area contributed by atoms with E-state index in [9.17, 15) is 9.59 Å². The van der Waals surface area contributed by atoms with Gasteiger partial charge in [0.2, 0.25) is 0 Å². The van der Waals surface area contributed by atoms with E-state index < -0.39 is 0 Å². The van der Waals surface area contributed by atoms with E-state index >= 15 is 0 Å². The van der Waals surface area contributed by atoms with Crippen LogP contribution < -0.4 is 10.2 Å².